The number of rotatable bonds is 9. The number of hydrogen-bond acceptors (Lipinski definition) is 1. The van der Waals surface area contributed by atoms with Gasteiger partial charge in [-0.3, -0.25) is 0 Å². The molecule has 1 rings (SSSR count). The van der Waals surface area contributed by atoms with Crippen molar-refractivity contribution >= 4 is 0 Å². The summed E-state index contributed by atoms with van der Waals surface area (Å²) in [6.45, 7) is 5.29. The van der Waals surface area contributed by atoms with Crippen LogP contribution in [0.1, 0.15) is 57.9 Å². The van der Waals surface area contributed by atoms with Crippen molar-refractivity contribution in [3.05, 3.63) is 29.8 Å². The molecule has 0 heterocycles. The normalized spacial score (nSPS) is 10.5. The summed E-state index contributed by atoms with van der Waals surface area (Å²) in [6.07, 6.45) is 8.98. The lowest BCUT2D eigenvalue weighted by molar-refractivity contribution is 0.304. The fraction of sp³-hybridized carbons (Fsp3) is 0.625. The van der Waals surface area contributed by atoms with E-state index in [9.17, 15) is 0 Å². The van der Waals surface area contributed by atoms with Crippen molar-refractivity contribution in [1.82, 2.24) is 0 Å². The van der Waals surface area contributed by atoms with E-state index in [4.69, 9.17) is 4.74 Å². The molecule has 0 aliphatic heterocycles. The standard InChI is InChI=1S/C16H26O/c1-3-5-6-7-8-9-13-17-16-12-10-11-15(4-2)14-16/h10-12,14H,3-9,13H2,1-2H3. The highest BCUT2D eigenvalue weighted by Gasteiger charge is 1.95. The van der Waals surface area contributed by atoms with Crippen LogP contribution in [-0.4, -0.2) is 6.61 Å². The van der Waals surface area contributed by atoms with E-state index in [2.05, 4.69) is 38.1 Å². The fourth-order valence-electron chi connectivity index (χ4n) is 1.93. The third-order valence-corrected chi connectivity index (χ3v) is 3.07. The number of aryl methyl sites for hydroxylation is 1. The molecule has 0 spiro atoms. The van der Waals surface area contributed by atoms with Gasteiger partial charge in [0, 0.05) is 0 Å². The maximum atomic E-state index is 5.76. The van der Waals surface area contributed by atoms with Crippen molar-refractivity contribution in [2.24, 2.45) is 0 Å². The monoisotopic (exact) mass is 234 g/mol. The van der Waals surface area contributed by atoms with Crippen LogP contribution >= 0.6 is 0 Å². The van der Waals surface area contributed by atoms with E-state index >= 15 is 0 Å². The van der Waals surface area contributed by atoms with Gasteiger partial charge in [-0.15, -0.1) is 0 Å². The second-order valence-electron chi connectivity index (χ2n) is 4.62. The quantitative estimate of drug-likeness (QED) is 0.547. The van der Waals surface area contributed by atoms with Crippen LogP contribution in [0.3, 0.4) is 0 Å². The molecule has 0 aliphatic carbocycles. The Morgan fingerprint density at radius 1 is 0.941 bits per heavy atom. The summed E-state index contributed by atoms with van der Waals surface area (Å²) >= 11 is 0. The Morgan fingerprint density at radius 3 is 2.47 bits per heavy atom. The number of hydrogen-bond donors (Lipinski definition) is 0. The van der Waals surface area contributed by atoms with E-state index in [1.807, 2.05) is 0 Å². The van der Waals surface area contributed by atoms with Crippen LogP contribution in [0.2, 0.25) is 0 Å². The second-order valence-corrected chi connectivity index (χ2v) is 4.62. The van der Waals surface area contributed by atoms with Gasteiger partial charge < -0.3 is 4.74 Å². The molecule has 0 amide bonds. The molecule has 0 bridgehead atoms. The molecule has 96 valence electrons. The van der Waals surface area contributed by atoms with Crippen LogP contribution in [0.25, 0.3) is 0 Å². The van der Waals surface area contributed by atoms with Gasteiger partial charge in [-0.25, -0.2) is 0 Å². The Kier molecular flexibility index (Phi) is 7.53. The van der Waals surface area contributed by atoms with E-state index in [0.29, 0.717) is 0 Å². The van der Waals surface area contributed by atoms with Crippen molar-refractivity contribution in [1.29, 1.82) is 0 Å². The fourth-order valence-corrected chi connectivity index (χ4v) is 1.93. The molecular formula is C16H26O. The topological polar surface area (TPSA) is 9.23 Å². The summed E-state index contributed by atoms with van der Waals surface area (Å²) < 4.78 is 5.76. The molecule has 0 atom stereocenters. The average Bonchev–Trinajstić information content (AvgIpc) is 2.38. The van der Waals surface area contributed by atoms with Crippen molar-refractivity contribution in [3.63, 3.8) is 0 Å². The van der Waals surface area contributed by atoms with Gasteiger partial charge in [0.25, 0.3) is 0 Å². The molecule has 17 heavy (non-hydrogen) atoms. The maximum Gasteiger partial charge on any atom is 0.119 e. The highest BCUT2D eigenvalue weighted by Crippen LogP contribution is 2.14. The van der Waals surface area contributed by atoms with Crippen LogP contribution in [0.15, 0.2) is 24.3 Å². The minimum absolute atomic E-state index is 0.860. The lowest BCUT2D eigenvalue weighted by Gasteiger charge is -2.07. The summed E-state index contributed by atoms with van der Waals surface area (Å²) in [7, 11) is 0. The molecule has 0 saturated heterocycles. The van der Waals surface area contributed by atoms with Crippen LogP contribution in [0, 0.1) is 0 Å². The molecule has 1 aromatic carbocycles. The van der Waals surface area contributed by atoms with Gasteiger partial charge in [0.05, 0.1) is 6.61 Å². The predicted octanol–water partition coefficient (Wildman–Crippen LogP) is 4.99. The molecule has 1 aromatic rings. The van der Waals surface area contributed by atoms with Gasteiger partial charge in [-0.2, -0.15) is 0 Å². The van der Waals surface area contributed by atoms with Crippen molar-refractivity contribution in [3.8, 4) is 5.75 Å². The molecule has 0 aromatic heterocycles. The highest BCUT2D eigenvalue weighted by molar-refractivity contribution is 5.28. The van der Waals surface area contributed by atoms with E-state index in [1.54, 1.807) is 0 Å². The minimum Gasteiger partial charge on any atom is -0.494 e. The molecule has 0 radical (unpaired) electrons. The molecule has 1 nitrogen and oxygen atoms in total. The summed E-state index contributed by atoms with van der Waals surface area (Å²) in [5, 5.41) is 0. The van der Waals surface area contributed by atoms with E-state index in [1.165, 1.54) is 44.1 Å². The maximum absolute atomic E-state index is 5.76. The first-order chi connectivity index (χ1) is 8.36. The molecule has 0 N–H and O–H groups in total. The Bertz CT molecular complexity index is 293. The van der Waals surface area contributed by atoms with Gasteiger partial charge in [0.1, 0.15) is 5.75 Å². The lowest BCUT2D eigenvalue weighted by atomic mass is 10.1. The van der Waals surface area contributed by atoms with Crippen molar-refractivity contribution in [2.45, 2.75) is 58.8 Å². The zero-order valence-electron chi connectivity index (χ0n) is 11.4. The third-order valence-electron chi connectivity index (χ3n) is 3.07. The Balaban J connectivity index is 2.09. The molecule has 0 fully saturated rings. The Morgan fingerprint density at radius 2 is 1.71 bits per heavy atom. The van der Waals surface area contributed by atoms with Gasteiger partial charge in [-0.05, 0) is 30.5 Å². The van der Waals surface area contributed by atoms with Gasteiger partial charge in [0.15, 0.2) is 0 Å². The largest absolute Gasteiger partial charge is 0.494 e. The number of ether oxygens (including phenoxy) is 1. The predicted molar refractivity (Wildman–Crippen MR) is 74.7 cm³/mol. The van der Waals surface area contributed by atoms with Gasteiger partial charge in [0.2, 0.25) is 0 Å². The number of unbranched alkanes of at least 4 members (excludes halogenated alkanes) is 5. The van der Waals surface area contributed by atoms with E-state index in [0.717, 1.165) is 18.8 Å². The molecule has 1 heteroatoms. The SMILES string of the molecule is CCCCCCCCOc1cccc(CC)c1. The van der Waals surface area contributed by atoms with Gasteiger partial charge in [-0.1, -0.05) is 58.1 Å². The molecular weight excluding hydrogens is 208 g/mol. The summed E-state index contributed by atoms with van der Waals surface area (Å²) in [5.74, 6) is 1.03. The molecule has 0 saturated carbocycles. The molecule has 0 aliphatic rings. The van der Waals surface area contributed by atoms with E-state index < -0.39 is 0 Å². The van der Waals surface area contributed by atoms with Crippen LogP contribution < -0.4 is 4.74 Å². The van der Waals surface area contributed by atoms with E-state index in [-0.39, 0.29) is 0 Å². The van der Waals surface area contributed by atoms with Crippen LogP contribution in [0.4, 0.5) is 0 Å². The first kappa shape index (κ1) is 14.1. The zero-order chi connectivity index (χ0) is 12.3. The molecule has 0 unspecified atom stereocenters. The van der Waals surface area contributed by atoms with Crippen LogP contribution in [0.5, 0.6) is 5.75 Å². The third kappa shape index (κ3) is 6.35. The minimum atomic E-state index is 0.860. The summed E-state index contributed by atoms with van der Waals surface area (Å²) in [5.41, 5.74) is 1.35. The summed E-state index contributed by atoms with van der Waals surface area (Å²) in [4.78, 5) is 0. The Hall–Kier alpha value is -0.980. The van der Waals surface area contributed by atoms with Gasteiger partial charge >= 0.3 is 0 Å². The average molecular weight is 234 g/mol. The zero-order valence-corrected chi connectivity index (χ0v) is 11.4. The number of benzene rings is 1. The second kappa shape index (κ2) is 9.09. The first-order valence-corrected chi connectivity index (χ1v) is 7.08. The Labute approximate surface area is 106 Å². The van der Waals surface area contributed by atoms with Crippen molar-refractivity contribution < 1.29 is 4.74 Å². The lowest BCUT2D eigenvalue weighted by Crippen LogP contribution is -1.97. The summed E-state index contributed by atoms with van der Waals surface area (Å²) in [6, 6.07) is 8.43. The van der Waals surface area contributed by atoms with Crippen LogP contribution in [-0.2, 0) is 6.42 Å². The highest BCUT2D eigenvalue weighted by atomic mass is 16.5. The first-order valence-electron chi connectivity index (χ1n) is 7.08. The smallest absolute Gasteiger partial charge is 0.119 e. The van der Waals surface area contributed by atoms with Crippen molar-refractivity contribution in [2.75, 3.05) is 6.61 Å².